The molecule has 2 saturated heterocycles. The van der Waals surface area contributed by atoms with E-state index in [4.69, 9.17) is 9.47 Å². The number of carbonyl (C=O) groups excluding carboxylic acids is 4. The lowest BCUT2D eigenvalue weighted by Gasteiger charge is -2.19. The monoisotopic (exact) mass is 462 g/mol. The van der Waals surface area contributed by atoms with Crippen LogP contribution in [0, 0.1) is 0 Å². The minimum atomic E-state index is -0.671. The molecule has 2 heterocycles. The standard InChI is InChI=1S/C26H26N2O6/c29-23(27-21(17-33-25(27)31)15-19-9-3-1-4-10-19)13-7-8-14-24(30)28-22(18-34-26(28)32)16-20-11-5-2-6-12-20/h1-7,9-13,21-22H,8,14-18H2/b13-7+. The number of hydrogen-bond acceptors (Lipinski definition) is 6. The summed E-state index contributed by atoms with van der Waals surface area (Å²) in [6.45, 7) is 0.305. The molecule has 0 aromatic heterocycles. The fraction of sp³-hybridized carbons (Fsp3) is 0.308. The normalized spacial score (nSPS) is 20.0. The molecule has 176 valence electrons. The Kier molecular flexibility index (Phi) is 7.37. The van der Waals surface area contributed by atoms with E-state index in [1.807, 2.05) is 60.7 Å². The van der Waals surface area contributed by atoms with Crippen LogP contribution in [-0.4, -0.2) is 59.1 Å². The van der Waals surface area contributed by atoms with Gasteiger partial charge in [0.25, 0.3) is 5.91 Å². The van der Waals surface area contributed by atoms with Crippen molar-refractivity contribution in [3.05, 3.63) is 83.9 Å². The first kappa shape index (κ1) is 23.2. The number of ether oxygens (including phenoxy) is 2. The van der Waals surface area contributed by atoms with Gasteiger partial charge in [-0.05, 0) is 36.5 Å². The molecular weight excluding hydrogens is 436 g/mol. The Labute approximate surface area is 197 Å². The minimum Gasteiger partial charge on any atom is -0.447 e. The van der Waals surface area contributed by atoms with Crippen molar-refractivity contribution in [1.82, 2.24) is 9.80 Å². The van der Waals surface area contributed by atoms with E-state index in [1.54, 1.807) is 6.08 Å². The molecule has 2 atom stereocenters. The fourth-order valence-corrected chi connectivity index (χ4v) is 4.16. The second-order valence-corrected chi connectivity index (χ2v) is 8.25. The van der Waals surface area contributed by atoms with Gasteiger partial charge in [-0.2, -0.15) is 0 Å². The van der Waals surface area contributed by atoms with Gasteiger partial charge in [0.15, 0.2) is 0 Å². The molecule has 2 fully saturated rings. The average Bonchev–Trinajstić information content (AvgIpc) is 3.39. The molecule has 4 rings (SSSR count). The number of rotatable bonds is 8. The lowest BCUT2D eigenvalue weighted by molar-refractivity contribution is -0.129. The molecule has 8 heteroatoms. The Hall–Kier alpha value is -3.94. The van der Waals surface area contributed by atoms with Crippen molar-refractivity contribution in [3.63, 3.8) is 0 Å². The molecule has 8 nitrogen and oxygen atoms in total. The first-order chi connectivity index (χ1) is 16.5. The molecule has 2 aliphatic heterocycles. The molecule has 2 aliphatic rings. The van der Waals surface area contributed by atoms with Crippen molar-refractivity contribution in [2.24, 2.45) is 0 Å². The summed E-state index contributed by atoms with van der Waals surface area (Å²) in [5.74, 6) is -0.846. The van der Waals surface area contributed by atoms with E-state index in [2.05, 4.69) is 0 Å². The van der Waals surface area contributed by atoms with E-state index in [0.29, 0.717) is 12.8 Å². The van der Waals surface area contributed by atoms with Crippen LogP contribution in [0.4, 0.5) is 9.59 Å². The quantitative estimate of drug-likeness (QED) is 0.558. The maximum absolute atomic E-state index is 12.7. The molecule has 0 spiro atoms. The molecule has 2 unspecified atom stereocenters. The molecule has 34 heavy (non-hydrogen) atoms. The molecular formula is C26H26N2O6. The number of cyclic esters (lactones) is 2. The van der Waals surface area contributed by atoms with Gasteiger partial charge in [0.05, 0.1) is 12.1 Å². The number of allylic oxidation sites excluding steroid dienone is 1. The van der Waals surface area contributed by atoms with E-state index in [0.717, 1.165) is 20.9 Å². The maximum atomic E-state index is 12.7. The van der Waals surface area contributed by atoms with Gasteiger partial charge in [-0.15, -0.1) is 0 Å². The van der Waals surface area contributed by atoms with Crippen molar-refractivity contribution >= 4 is 24.0 Å². The van der Waals surface area contributed by atoms with Crippen molar-refractivity contribution in [3.8, 4) is 0 Å². The largest absolute Gasteiger partial charge is 0.447 e. The third-order valence-electron chi connectivity index (χ3n) is 5.84. The summed E-state index contributed by atoms with van der Waals surface area (Å²) < 4.78 is 10.2. The third-order valence-corrected chi connectivity index (χ3v) is 5.84. The molecule has 2 aromatic carbocycles. The van der Waals surface area contributed by atoms with Gasteiger partial charge in [-0.25, -0.2) is 19.4 Å². The van der Waals surface area contributed by atoms with E-state index in [1.165, 1.54) is 6.08 Å². The Bertz CT molecular complexity index is 1070. The zero-order valence-corrected chi connectivity index (χ0v) is 18.7. The van der Waals surface area contributed by atoms with Crippen LogP contribution in [0.15, 0.2) is 72.8 Å². The molecule has 0 saturated carbocycles. The van der Waals surface area contributed by atoms with Gasteiger partial charge in [0.2, 0.25) is 5.91 Å². The lowest BCUT2D eigenvalue weighted by atomic mass is 10.1. The summed E-state index contributed by atoms with van der Waals surface area (Å²) >= 11 is 0. The van der Waals surface area contributed by atoms with Crippen LogP contribution >= 0.6 is 0 Å². The highest BCUT2D eigenvalue weighted by molar-refractivity contribution is 6.00. The van der Waals surface area contributed by atoms with Crippen molar-refractivity contribution < 1.29 is 28.7 Å². The molecule has 0 N–H and O–H groups in total. The van der Waals surface area contributed by atoms with Crippen molar-refractivity contribution in [2.45, 2.75) is 37.8 Å². The highest BCUT2D eigenvalue weighted by atomic mass is 16.6. The van der Waals surface area contributed by atoms with Crippen LogP contribution < -0.4 is 0 Å². The van der Waals surface area contributed by atoms with Gasteiger partial charge in [-0.1, -0.05) is 66.7 Å². The summed E-state index contributed by atoms with van der Waals surface area (Å²) in [5, 5.41) is 0. The van der Waals surface area contributed by atoms with Crippen LogP contribution in [0.3, 0.4) is 0 Å². The van der Waals surface area contributed by atoms with Crippen molar-refractivity contribution in [1.29, 1.82) is 0 Å². The lowest BCUT2D eigenvalue weighted by Crippen LogP contribution is -2.40. The Morgan fingerprint density at radius 3 is 1.85 bits per heavy atom. The Morgan fingerprint density at radius 1 is 0.794 bits per heavy atom. The van der Waals surface area contributed by atoms with Gasteiger partial charge >= 0.3 is 12.2 Å². The first-order valence-electron chi connectivity index (χ1n) is 11.3. The zero-order chi connectivity index (χ0) is 23.9. The summed E-state index contributed by atoms with van der Waals surface area (Å²) in [5.41, 5.74) is 2.01. The second kappa shape index (κ2) is 10.8. The number of hydrogen-bond donors (Lipinski definition) is 0. The average molecular weight is 463 g/mol. The second-order valence-electron chi connectivity index (χ2n) is 8.25. The first-order valence-corrected chi connectivity index (χ1v) is 11.3. The van der Waals surface area contributed by atoms with E-state index >= 15 is 0 Å². The van der Waals surface area contributed by atoms with Crippen LogP contribution in [0.2, 0.25) is 0 Å². The SMILES string of the molecule is O=C(/C=C/CCC(=O)N1C(=O)OCC1Cc1ccccc1)N1C(=O)OCC1Cc1ccccc1. The predicted molar refractivity (Wildman–Crippen MR) is 123 cm³/mol. The van der Waals surface area contributed by atoms with Crippen LogP contribution in [-0.2, 0) is 31.9 Å². The smallest absolute Gasteiger partial charge is 0.417 e. The number of nitrogens with zero attached hydrogens (tertiary/aromatic N) is 2. The summed E-state index contributed by atoms with van der Waals surface area (Å²) in [4.78, 5) is 51.8. The molecule has 2 aromatic rings. The van der Waals surface area contributed by atoms with E-state index in [-0.39, 0.29) is 44.0 Å². The number of benzene rings is 2. The van der Waals surface area contributed by atoms with E-state index in [9.17, 15) is 19.2 Å². The summed E-state index contributed by atoms with van der Waals surface area (Å²) in [6, 6.07) is 18.4. The zero-order valence-electron chi connectivity index (χ0n) is 18.7. The van der Waals surface area contributed by atoms with Crippen LogP contribution in [0.25, 0.3) is 0 Å². The summed E-state index contributed by atoms with van der Waals surface area (Å²) in [7, 11) is 0. The van der Waals surface area contributed by atoms with Gasteiger partial charge in [0, 0.05) is 6.42 Å². The van der Waals surface area contributed by atoms with Crippen molar-refractivity contribution in [2.75, 3.05) is 13.2 Å². The van der Waals surface area contributed by atoms with E-state index < -0.39 is 18.1 Å². The topological polar surface area (TPSA) is 93.2 Å². The fourth-order valence-electron chi connectivity index (χ4n) is 4.16. The van der Waals surface area contributed by atoms with Crippen LogP contribution in [0.5, 0.6) is 0 Å². The molecule has 0 aliphatic carbocycles. The summed E-state index contributed by atoms with van der Waals surface area (Å²) in [6.07, 6.45) is 2.82. The molecule has 0 radical (unpaired) electrons. The van der Waals surface area contributed by atoms with Gasteiger partial charge < -0.3 is 9.47 Å². The highest BCUT2D eigenvalue weighted by Gasteiger charge is 2.38. The number of carbonyl (C=O) groups is 4. The Balaban J connectivity index is 1.30. The molecule has 0 bridgehead atoms. The Morgan fingerprint density at radius 2 is 1.29 bits per heavy atom. The van der Waals surface area contributed by atoms with Crippen LogP contribution in [0.1, 0.15) is 24.0 Å². The third kappa shape index (κ3) is 5.51. The number of imide groups is 2. The molecule has 4 amide bonds. The minimum absolute atomic E-state index is 0.0437. The van der Waals surface area contributed by atoms with Gasteiger partial charge in [-0.3, -0.25) is 9.59 Å². The predicted octanol–water partition coefficient (Wildman–Crippen LogP) is 3.50. The highest BCUT2D eigenvalue weighted by Crippen LogP contribution is 2.20. The van der Waals surface area contributed by atoms with Gasteiger partial charge in [0.1, 0.15) is 13.2 Å². The maximum Gasteiger partial charge on any atom is 0.417 e. The number of amides is 4.